The van der Waals surface area contributed by atoms with E-state index in [1.54, 1.807) is 0 Å². The van der Waals surface area contributed by atoms with Crippen LogP contribution < -0.4 is 5.32 Å². The van der Waals surface area contributed by atoms with Gasteiger partial charge < -0.3 is 9.73 Å². The molecule has 0 saturated carbocycles. The Labute approximate surface area is 139 Å². The number of hydrogen-bond acceptors (Lipinski definition) is 4. The first-order chi connectivity index (χ1) is 11.2. The number of rotatable bonds is 6. The standard InChI is InChI=1S/C18H18N2O2S/c1-13(14-7-3-2-4-8-14)11-19-17(21)12-23-18-20-15-9-5-6-10-16(15)22-18/h2-10,13H,11-12H2,1H3,(H,19,21). The number of thioether (sulfide) groups is 1. The van der Waals surface area contributed by atoms with Crippen molar-refractivity contribution < 1.29 is 9.21 Å². The Balaban J connectivity index is 1.48. The summed E-state index contributed by atoms with van der Waals surface area (Å²) in [5.74, 6) is 0.573. The highest BCUT2D eigenvalue weighted by molar-refractivity contribution is 7.99. The van der Waals surface area contributed by atoms with Gasteiger partial charge in [0.05, 0.1) is 5.75 Å². The first kappa shape index (κ1) is 15.6. The second kappa shape index (κ2) is 7.33. The van der Waals surface area contributed by atoms with Crippen molar-refractivity contribution in [1.82, 2.24) is 10.3 Å². The Morgan fingerprint density at radius 2 is 1.91 bits per heavy atom. The van der Waals surface area contributed by atoms with Gasteiger partial charge in [-0.3, -0.25) is 4.79 Å². The zero-order valence-electron chi connectivity index (χ0n) is 12.9. The average Bonchev–Trinajstić information content (AvgIpc) is 3.01. The summed E-state index contributed by atoms with van der Waals surface area (Å²) in [4.78, 5) is 16.3. The number of hydrogen-bond donors (Lipinski definition) is 1. The highest BCUT2D eigenvalue weighted by Gasteiger charge is 2.10. The van der Waals surface area contributed by atoms with E-state index in [9.17, 15) is 4.79 Å². The fourth-order valence-electron chi connectivity index (χ4n) is 2.26. The van der Waals surface area contributed by atoms with Gasteiger partial charge >= 0.3 is 0 Å². The summed E-state index contributed by atoms with van der Waals surface area (Å²) >= 11 is 1.31. The maximum atomic E-state index is 12.0. The average molecular weight is 326 g/mol. The molecule has 3 aromatic rings. The van der Waals surface area contributed by atoms with Crippen LogP contribution in [0.5, 0.6) is 0 Å². The molecule has 3 rings (SSSR count). The molecule has 1 amide bonds. The second-order valence-corrected chi connectivity index (χ2v) is 6.28. The molecule has 1 N–H and O–H groups in total. The van der Waals surface area contributed by atoms with E-state index < -0.39 is 0 Å². The summed E-state index contributed by atoms with van der Waals surface area (Å²) in [7, 11) is 0. The molecule has 0 aliphatic carbocycles. The molecule has 0 bridgehead atoms. The monoisotopic (exact) mass is 326 g/mol. The van der Waals surface area contributed by atoms with Gasteiger partial charge in [0.25, 0.3) is 5.22 Å². The first-order valence-corrected chi connectivity index (χ1v) is 8.51. The number of nitrogens with one attached hydrogen (secondary N) is 1. The number of para-hydroxylation sites is 2. The smallest absolute Gasteiger partial charge is 0.257 e. The third-order valence-electron chi connectivity index (χ3n) is 3.58. The fourth-order valence-corrected chi connectivity index (χ4v) is 2.93. The predicted molar refractivity (Wildman–Crippen MR) is 92.6 cm³/mol. The summed E-state index contributed by atoms with van der Waals surface area (Å²) in [6.45, 7) is 2.72. The lowest BCUT2D eigenvalue weighted by Crippen LogP contribution is -2.28. The van der Waals surface area contributed by atoms with Crippen LogP contribution in [0.15, 0.2) is 64.2 Å². The maximum Gasteiger partial charge on any atom is 0.257 e. The van der Waals surface area contributed by atoms with E-state index >= 15 is 0 Å². The second-order valence-electron chi connectivity index (χ2n) is 5.35. The van der Waals surface area contributed by atoms with Crippen LogP contribution in [-0.2, 0) is 4.79 Å². The number of oxazole rings is 1. The summed E-state index contributed by atoms with van der Waals surface area (Å²) in [5.41, 5.74) is 2.78. The lowest BCUT2D eigenvalue weighted by Gasteiger charge is -2.12. The Kier molecular flexibility index (Phi) is 4.98. The third kappa shape index (κ3) is 4.13. The van der Waals surface area contributed by atoms with Crippen molar-refractivity contribution in [1.29, 1.82) is 0 Å². The molecule has 1 aromatic heterocycles. The Morgan fingerprint density at radius 1 is 1.17 bits per heavy atom. The molecule has 1 heterocycles. The van der Waals surface area contributed by atoms with Crippen molar-refractivity contribution in [2.24, 2.45) is 0 Å². The van der Waals surface area contributed by atoms with Gasteiger partial charge in [0.1, 0.15) is 5.52 Å². The van der Waals surface area contributed by atoms with Crippen LogP contribution in [0.4, 0.5) is 0 Å². The zero-order chi connectivity index (χ0) is 16.1. The summed E-state index contributed by atoms with van der Waals surface area (Å²) in [5, 5.41) is 3.48. The van der Waals surface area contributed by atoms with Crippen LogP contribution in [0, 0.1) is 0 Å². The Bertz CT molecular complexity index is 753. The number of amides is 1. The van der Waals surface area contributed by atoms with Crippen LogP contribution in [0.25, 0.3) is 11.1 Å². The molecule has 2 aromatic carbocycles. The SMILES string of the molecule is CC(CNC(=O)CSc1nc2ccccc2o1)c1ccccc1. The van der Waals surface area contributed by atoms with Crippen LogP contribution in [-0.4, -0.2) is 23.2 Å². The van der Waals surface area contributed by atoms with E-state index in [0.29, 0.717) is 17.5 Å². The maximum absolute atomic E-state index is 12.0. The Hall–Kier alpha value is -2.27. The van der Waals surface area contributed by atoms with Crippen molar-refractivity contribution >= 4 is 28.8 Å². The van der Waals surface area contributed by atoms with Crippen LogP contribution in [0.3, 0.4) is 0 Å². The molecular weight excluding hydrogens is 308 g/mol. The van der Waals surface area contributed by atoms with Gasteiger partial charge in [-0.05, 0) is 23.6 Å². The minimum Gasteiger partial charge on any atom is -0.431 e. The minimum absolute atomic E-state index is 0.0139. The molecule has 1 unspecified atom stereocenters. The van der Waals surface area contributed by atoms with Gasteiger partial charge in [0, 0.05) is 6.54 Å². The molecule has 0 spiro atoms. The van der Waals surface area contributed by atoms with Crippen LogP contribution in [0.1, 0.15) is 18.4 Å². The fraction of sp³-hybridized carbons (Fsp3) is 0.222. The van der Waals surface area contributed by atoms with E-state index in [2.05, 4.69) is 29.4 Å². The van der Waals surface area contributed by atoms with Crippen LogP contribution >= 0.6 is 11.8 Å². The molecule has 0 fully saturated rings. The number of carbonyl (C=O) groups excluding carboxylic acids is 1. The van der Waals surface area contributed by atoms with Crippen LogP contribution in [0.2, 0.25) is 0 Å². The highest BCUT2D eigenvalue weighted by Crippen LogP contribution is 2.22. The molecule has 4 nitrogen and oxygen atoms in total. The van der Waals surface area contributed by atoms with Gasteiger partial charge in [0.2, 0.25) is 5.91 Å². The number of aromatic nitrogens is 1. The van der Waals surface area contributed by atoms with Gasteiger partial charge in [0.15, 0.2) is 5.58 Å². The van der Waals surface area contributed by atoms with E-state index in [-0.39, 0.29) is 11.8 Å². The lowest BCUT2D eigenvalue weighted by molar-refractivity contribution is -0.118. The van der Waals surface area contributed by atoms with Gasteiger partial charge in [-0.2, -0.15) is 0 Å². The van der Waals surface area contributed by atoms with E-state index in [1.165, 1.54) is 17.3 Å². The van der Waals surface area contributed by atoms with Crippen molar-refractivity contribution in [3.8, 4) is 0 Å². The molecule has 0 radical (unpaired) electrons. The Morgan fingerprint density at radius 3 is 2.70 bits per heavy atom. The molecular formula is C18H18N2O2S. The van der Waals surface area contributed by atoms with E-state index in [1.807, 2.05) is 42.5 Å². The van der Waals surface area contributed by atoms with Crippen molar-refractivity contribution in [2.75, 3.05) is 12.3 Å². The lowest BCUT2D eigenvalue weighted by atomic mass is 10.0. The van der Waals surface area contributed by atoms with Crippen molar-refractivity contribution in [3.05, 3.63) is 60.2 Å². The largest absolute Gasteiger partial charge is 0.431 e. The summed E-state index contributed by atoms with van der Waals surface area (Å²) in [6.07, 6.45) is 0. The molecule has 118 valence electrons. The first-order valence-electron chi connectivity index (χ1n) is 7.52. The number of benzene rings is 2. The third-order valence-corrected chi connectivity index (χ3v) is 4.40. The molecule has 0 aliphatic heterocycles. The van der Waals surface area contributed by atoms with Crippen molar-refractivity contribution in [3.63, 3.8) is 0 Å². The van der Waals surface area contributed by atoms with Gasteiger partial charge in [-0.15, -0.1) is 0 Å². The summed E-state index contributed by atoms with van der Waals surface area (Å²) in [6, 6.07) is 17.7. The minimum atomic E-state index is -0.0139. The normalized spacial score (nSPS) is 12.2. The topological polar surface area (TPSA) is 55.1 Å². The quantitative estimate of drug-likeness (QED) is 0.699. The number of nitrogens with zero attached hydrogens (tertiary/aromatic N) is 1. The van der Waals surface area contributed by atoms with Gasteiger partial charge in [-0.25, -0.2) is 4.98 Å². The highest BCUT2D eigenvalue weighted by atomic mass is 32.2. The van der Waals surface area contributed by atoms with E-state index in [4.69, 9.17) is 4.42 Å². The molecule has 0 aliphatic rings. The molecule has 5 heteroatoms. The van der Waals surface area contributed by atoms with E-state index in [0.717, 1.165) is 11.1 Å². The molecule has 0 saturated heterocycles. The van der Waals surface area contributed by atoms with Gasteiger partial charge in [-0.1, -0.05) is 61.2 Å². The molecule has 23 heavy (non-hydrogen) atoms. The van der Waals surface area contributed by atoms with Crippen molar-refractivity contribution in [2.45, 2.75) is 18.1 Å². The number of carbonyl (C=O) groups is 1. The zero-order valence-corrected chi connectivity index (χ0v) is 13.7. The molecule has 1 atom stereocenters. The number of fused-ring (bicyclic) bond motifs is 1. The summed E-state index contributed by atoms with van der Waals surface area (Å²) < 4.78 is 5.59. The predicted octanol–water partition coefficient (Wildman–Crippen LogP) is 3.84.